The van der Waals surface area contributed by atoms with Crippen molar-refractivity contribution in [2.75, 3.05) is 27.3 Å². The number of carbonyl (C=O) groups is 1. The fraction of sp³-hybridized carbons (Fsp3) is 0.370. The normalized spacial score (nSPS) is 19.4. The van der Waals surface area contributed by atoms with Gasteiger partial charge < -0.3 is 15.2 Å². The molecule has 0 bridgehead atoms. The van der Waals surface area contributed by atoms with Gasteiger partial charge in [-0.25, -0.2) is 0 Å². The molecule has 2 aliphatic rings. The van der Waals surface area contributed by atoms with E-state index in [1.165, 1.54) is 10.9 Å². The van der Waals surface area contributed by atoms with E-state index in [0.717, 1.165) is 53.8 Å². The highest BCUT2D eigenvalue weighted by Gasteiger charge is 2.48. The maximum atomic E-state index is 12.3. The van der Waals surface area contributed by atoms with Crippen LogP contribution in [-0.2, 0) is 5.41 Å². The Kier molecular flexibility index (Phi) is 5.09. The molecule has 1 heterocycles. The van der Waals surface area contributed by atoms with Crippen LogP contribution in [0.5, 0.6) is 11.5 Å². The smallest absolute Gasteiger partial charge is 0.249 e. The van der Waals surface area contributed by atoms with Crippen molar-refractivity contribution < 1.29 is 14.3 Å². The first-order chi connectivity index (χ1) is 15.4. The van der Waals surface area contributed by atoms with Crippen LogP contribution < -0.4 is 15.2 Å². The van der Waals surface area contributed by atoms with Crippen molar-refractivity contribution in [2.45, 2.75) is 37.6 Å². The van der Waals surface area contributed by atoms with Crippen LogP contribution in [0.15, 0.2) is 48.5 Å². The highest BCUT2D eigenvalue weighted by atomic mass is 16.5. The summed E-state index contributed by atoms with van der Waals surface area (Å²) in [6.07, 6.45) is 3.16. The fourth-order valence-corrected chi connectivity index (χ4v) is 5.10. The number of nitrogens with two attached hydrogens (primary N) is 1. The van der Waals surface area contributed by atoms with Crippen LogP contribution in [0.3, 0.4) is 0 Å². The highest BCUT2D eigenvalue weighted by Crippen LogP contribution is 2.57. The van der Waals surface area contributed by atoms with Crippen molar-refractivity contribution in [3.63, 3.8) is 0 Å². The van der Waals surface area contributed by atoms with Crippen LogP contribution >= 0.6 is 0 Å². The van der Waals surface area contributed by atoms with E-state index in [9.17, 15) is 4.79 Å². The highest BCUT2D eigenvalue weighted by molar-refractivity contribution is 5.96. The molecular weight excluding hydrogens is 400 g/mol. The Morgan fingerprint density at radius 3 is 2.50 bits per heavy atom. The number of amides is 1. The number of nitrogens with zero attached hydrogens (tertiary/aromatic N) is 1. The maximum Gasteiger partial charge on any atom is 0.249 e. The molecular formula is C27H30N2O3. The molecule has 1 atom stereocenters. The lowest BCUT2D eigenvalue weighted by atomic mass is 9.81. The summed E-state index contributed by atoms with van der Waals surface area (Å²) in [6.45, 7) is 3.72. The SMILES string of the molecule is COc1cc(C2(c3cc(OCC4CCN4C)cc(C(N)=O)c3C)CC2)c2ccccc2c1. The van der Waals surface area contributed by atoms with Crippen LogP contribution in [0.25, 0.3) is 10.8 Å². The topological polar surface area (TPSA) is 64.8 Å². The second-order valence-electron chi connectivity index (χ2n) is 9.22. The van der Waals surface area contributed by atoms with Gasteiger partial charge in [0.2, 0.25) is 5.91 Å². The number of hydrogen-bond acceptors (Lipinski definition) is 4. The number of carbonyl (C=O) groups excluding carboxylic acids is 1. The number of methoxy groups -OCH3 is 1. The van der Waals surface area contributed by atoms with Gasteiger partial charge in [-0.3, -0.25) is 9.69 Å². The molecule has 1 saturated heterocycles. The average molecular weight is 431 g/mol. The number of ether oxygens (including phenoxy) is 2. The van der Waals surface area contributed by atoms with Crippen molar-refractivity contribution in [3.05, 3.63) is 70.8 Å². The molecule has 32 heavy (non-hydrogen) atoms. The summed E-state index contributed by atoms with van der Waals surface area (Å²) in [4.78, 5) is 14.6. The minimum atomic E-state index is -0.415. The number of likely N-dealkylation sites (N-methyl/N-ethyl adjacent to an activating group) is 1. The molecule has 166 valence electrons. The summed E-state index contributed by atoms with van der Waals surface area (Å²) in [7, 11) is 3.82. The van der Waals surface area contributed by atoms with Crippen molar-refractivity contribution >= 4 is 16.7 Å². The first-order valence-electron chi connectivity index (χ1n) is 11.3. The van der Waals surface area contributed by atoms with Gasteiger partial charge in [-0.15, -0.1) is 0 Å². The number of primary amides is 1. The second-order valence-corrected chi connectivity index (χ2v) is 9.22. The zero-order valence-electron chi connectivity index (χ0n) is 19.0. The van der Waals surface area contributed by atoms with Gasteiger partial charge in [0.25, 0.3) is 0 Å². The van der Waals surface area contributed by atoms with Gasteiger partial charge >= 0.3 is 0 Å². The molecule has 1 aliphatic carbocycles. The Bertz CT molecular complexity index is 1200. The van der Waals surface area contributed by atoms with Gasteiger partial charge in [0, 0.05) is 17.0 Å². The molecule has 5 rings (SSSR count). The van der Waals surface area contributed by atoms with Crippen molar-refractivity contribution in [2.24, 2.45) is 5.73 Å². The minimum Gasteiger partial charge on any atom is -0.497 e. The molecule has 0 radical (unpaired) electrons. The van der Waals surface area contributed by atoms with Crippen LogP contribution in [0, 0.1) is 6.92 Å². The van der Waals surface area contributed by atoms with E-state index in [2.05, 4.69) is 48.3 Å². The number of likely N-dealkylation sites (tertiary alicyclic amines) is 1. The lowest BCUT2D eigenvalue weighted by molar-refractivity contribution is 0.0767. The van der Waals surface area contributed by atoms with E-state index in [-0.39, 0.29) is 5.41 Å². The van der Waals surface area contributed by atoms with Gasteiger partial charge in [0.15, 0.2) is 0 Å². The predicted octanol–water partition coefficient (Wildman–Crippen LogP) is 4.42. The zero-order chi connectivity index (χ0) is 22.5. The number of fused-ring (bicyclic) bond motifs is 1. The van der Waals surface area contributed by atoms with Crippen LogP contribution in [0.4, 0.5) is 0 Å². The lowest BCUT2D eigenvalue weighted by Crippen LogP contribution is -2.48. The summed E-state index contributed by atoms with van der Waals surface area (Å²) in [5, 5.41) is 2.37. The van der Waals surface area contributed by atoms with Gasteiger partial charge in [-0.1, -0.05) is 24.3 Å². The third-order valence-corrected chi connectivity index (χ3v) is 7.38. The summed E-state index contributed by atoms with van der Waals surface area (Å²) in [5.74, 6) is 1.15. The first-order valence-corrected chi connectivity index (χ1v) is 11.3. The summed E-state index contributed by atoms with van der Waals surface area (Å²) in [6, 6.07) is 17.0. The Hall–Kier alpha value is -3.05. The van der Waals surface area contributed by atoms with Crippen LogP contribution in [0.1, 0.15) is 46.3 Å². The van der Waals surface area contributed by atoms with Crippen molar-refractivity contribution in [3.8, 4) is 11.5 Å². The quantitative estimate of drug-likeness (QED) is 0.603. The molecule has 2 fully saturated rings. The van der Waals surface area contributed by atoms with E-state index in [1.54, 1.807) is 13.2 Å². The van der Waals surface area contributed by atoms with Crippen LogP contribution in [0.2, 0.25) is 0 Å². The van der Waals surface area contributed by atoms with E-state index < -0.39 is 5.91 Å². The maximum absolute atomic E-state index is 12.3. The standard InChI is InChI=1S/C27H30N2O3/c1-17-23(26(28)30)13-21(32-16-19-8-11-29(19)2)15-24(17)27(9-10-27)25-14-20(31-3)12-18-6-4-5-7-22(18)25/h4-7,12-15,19H,8-11,16H2,1-3H3,(H2,28,30). The predicted molar refractivity (Wildman–Crippen MR) is 127 cm³/mol. The van der Waals surface area contributed by atoms with Gasteiger partial charge in [0.05, 0.1) is 7.11 Å². The molecule has 3 aromatic carbocycles. The summed E-state index contributed by atoms with van der Waals surface area (Å²) < 4.78 is 11.8. The van der Waals surface area contributed by atoms with E-state index >= 15 is 0 Å². The van der Waals surface area contributed by atoms with E-state index in [4.69, 9.17) is 15.2 Å². The molecule has 1 amide bonds. The zero-order valence-corrected chi connectivity index (χ0v) is 19.0. The van der Waals surface area contributed by atoms with Crippen molar-refractivity contribution in [1.82, 2.24) is 4.90 Å². The third kappa shape index (κ3) is 3.41. The molecule has 1 unspecified atom stereocenters. The minimum absolute atomic E-state index is 0.172. The van der Waals surface area contributed by atoms with E-state index in [0.29, 0.717) is 18.2 Å². The Labute approximate surface area is 189 Å². The Balaban J connectivity index is 1.62. The summed E-state index contributed by atoms with van der Waals surface area (Å²) in [5.41, 5.74) is 9.46. The molecule has 0 spiro atoms. The lowest BCUT2D eigenvalue weighted by Gasteiger charge is -2.37. The molecule has 3 aromatic rings. The fourth-order valence-electron chi connectivity index (χ4n) is 5.10. The van der Waals surface area contributed by atoms with Gasteiger partial charge in [0.1, 0.15) is 18.1 Å². The monoisotopic (exact) mass is 430 g/mol. The Morgan fingerprint density at radius 2 is 1.88 bits per heavy atom. The average Bonchev–Trinajstić information content (AvgIpc) is 3.59. The van der Waals surface area contributed by atoms with E-state index in [1.807, 2.05) is 13.0 Å². The largest absolute Gasteiger partial charge is 0.497 e. The van der Waals surface area contributed by atoms with Crippen molar-refractivity contribution in [1.29, 1.82) is 0 Å². The first kappa shape index (κ1) is 20.8. The van der Waals surface area contributed by atoms with Gasteiger partial charge in [-0.05, 0) is 91.5 Å². The molecule has 0 aromatic heterocycles. The molecule has 1 aliphatic heterocycles. The van der Waals surface area contributed by atoms with Gasteiger partial charge in [-0.2, -0.15) is 0 Å². The number of hydrogen-bond donors (Lipinski definition) is 1. The molecule has 5 nitrogen and oxygen atoms in total. The molecule has 2 N–H and O–H groups in total. The second kappa shape index (κ2) is 7.82. The molecule has 5 heteroatoms. The Morgan fingerprint density at radius 1 is 1.12 bits per heavy atom. The number of rotatable bonds is 7. The number of benzene rings is 3. The molecule has 1 saturated carbocycles. The van der Waals surface area contributed by atoms with Crippen LogP contribution in [-0.4, -0.2) is 44.2 Å². The third-order valence-electron chi connectivity index (χ3n) is 7.38. The summed E-state index contributed by atoms with van der Waals surface area (Å²) >= 11 is 0.